The largest absolute Gasteiger partial charge is 0.353 e. The van der Waals surface area contributed by atoms with E-state index in [9.17, 15) is 9.59 Å². The minimum Gasteiger partial charge on any atom is -0.353 e. The molecular weight excluding hydrogens is 366 g/mol. The van der Waals surface area contributed by atoms with Gasteiger partial charge < -0.3 is 10.6 Å². The standard InChI is InChI=1S/C22H23N5O2/c28-21(25-18-8-4-9-19(14-18)27-12-5-10-24-27)15-20-22(29)23-11-13-26(20)16-17-6-2-1-3-7-17/h1-10,12,14,20H,11,13,15-16H2,(H,23,29)(H,25,28). The van der Waals surface area contributed by atoms with Crippen molar-refractivity contribution in [3.8, 4) is 5.69 Å². The first-order valence-electron chi connectivity index (χ1n) is 9.65. The van der Waals surface area contributed by atoms with E-state index in [0.717, 1.165) is 11.3 Å². The van der Waals surface area contributed by atoms with Gasteiger partial charge in [-0.15, -0.1) is 0 Å². The molecule has 2 N–H and O–H groups in total. The number of anilines is 1. The molecule has 3 aromatic rings. The molecule has 2 amide bonds. The van der Waals surface area contributed by atoms with Crippen molar-refractivity contribution in [3.63, 3.8) is 0 Å². The predicted octanol–water partition coefficient (Wildman–Crippen LogP) is 2.20. The molecule has 0 spiro atoms. The van der Waals surface area contributed by atoms with Crippen molar-refractivity contribution in [2.75, 3.05) is 18.4 Å². The van der Waals surface area contributed by atoms with Crippen molar-refractivity contribution in [1.29, 1.82) is 0 Å². The quantitative estimate of drug-likeness (QED) is 0.677. The molecule has 1 aliphatic rings. The van der Waals surface area contributed by atoms with Crippen LogP contribution in [0, 0.1) is 0 Å². The number of benzene rings is 2. The van der Waals surface area contributed by atoms with Gasteiger partial charge in [-0.1, -0.05) is 36.4 Å². The summed E-state index contributed by atoms with van der Waals surface area (Å²) in [5, 5.41) is 9.99. The van der Waals surface area contributed by atoms with Crippen molar-refractivity contribution in [2.45, 2.75) is 19.0 Å². The van der Waals surface area contributed by atoms with Crippen molar-refractivity contribution >= 4 is 17.5 Å². The fourth-order valence-corrected chi connectivity index (χ4v) is 3.53. The molecule has 1 saturated heterocycles. The van der Waals surface area contributed by atoms with Crippen molar-refractivity contribution < 1.29 is 9.59 Å². The Bertz CT molecular complexity index is 972. The number of nitrogens with one attached hydrogen (secondary N) is 2. The molecule has 1 aromatic heterocycles. The first kappa shape index (κ1) is 18.9. The highest BCUT2D eigenvalue weighted by molar-refractivity contribution is 5.95. The normalized spacial score (nSPS) is 17.0. The van der Waals surface area contributed by atoms with E-state index in [4.69, 9.17) is 0 Å². The average molecular weight is 389 g/mol. The maximum absolute atomic E-state index is 12.7. The fourth-order valence-electron chi connectivity index (χ4n) is 3.53. The molecule has 7 heteroatoms. The molecule has 1 atom stereocenters. The van der Waals surface area contributed by atoms with Crippen LogP contribution in [0.1, 0.15) is 12.0 Å². The summed E-state index contributed by atoms with van der Waals surface area (Å²) in [7, 11) is 0. The average Bonchev–Trinajstić information content (AvgIpc) is 3.27. The van der Waals surface area contributed by atoms with Gasteiger partial charge in [-0.2, -0.15) is 5.10 Å². The third-order valence-electron chi connectivity index (χ3n) is 4.95. The molecule has 148 valence electrons. The number of hydrogen-bond acceptors (Lipinski definition) is 4. The maximum Gasteiger partial charge on any atom is 0.237 e. The summed E-state index contributed by atoms with van der Waals surface area (Å²) in [6.45, 7) is 1.95. The highest BCUT2D eigenvalue weighted by Crippen LogP contribution is 2.17. The van der Waals surface area contributed by atoms with Gasteiger partial charge in [0.2, 0.25) is 11.8 Å². The van der Waals surface area contributed by atoms with Gasteiger partial charge in [0.15, 0.2) is 0 Å². The Balaban J connectivity index is 1.43. The molecule has 29 heavy (non-hydrogen) atoms. The van der Waals surface area contributed by atoms with Crippen LogP contribution in [0.5, 0.6) is 0 Å². The molecule has 0 aliphatic carbocycles. The van der Waals surface area contributed by atoms with Crippen LogP contribution in [0.2, 0.25) is 0 Å². The number of piperazine rings is 1. The van der Waals surface area contributed by atoms with Gasteiger partial charge in [0, 0.05) is 37.7 Å². The minimum atomic E-state index is -0.488. The number of nitrogens with zero attached hydrogens (tertiary/aromatic N) is 3. The van der Waals surface area contributed by atoms with Gasteiger partial charge >= 0.3 is 0 Å². The van der Waals surface area contributed by atoms with Gasteiger partial charge in [-0.05, 0) is 29.8 Å². The predicted molar refractivity (Wildman–Crippen MR) is 110 cm³/mol. The lowest BCUT2D eigenvalue weighted by atomic mass is 10.1. The Hall–Kier alpha value is -3.45. The van der Waals surface area contributed by atoms with Gasteiger partial charge in [0.1, 0.15) is 0 Å². The highest BCUT2D eigenvalue weighted by atomic mass is 16.2. The van der Waals surface area contributed by atoms with E-state index in [1.165, 1.54) is 0 Å². The highest BCUT2D eigenvalue weighted by Gasteiger charge is 2.31. The lowest BCUT2D eigenvalue weighted by Gasteiger charge is -2.34. The fraction of sp³-hybridized carbons (Fsp3) is 0.227. The van der Waals surface area contributed by atoms with Crippen LogP contribution in [0.25, 0.3) is 5.69 Å². The molecule has 0 saturated carbocycles. The van der Waals surface area contributed by atoms with E-state index in [1.54, 1.807) is 10.9 Å². The van der Waals surface area contributed by atoms with Crippen LogP contribution in [0.3, 0.4) is 0 Å². The molecule has 2 heterocycles. The number of carbonyl (C=O) groups is 2. The van der Waals surface area contributed by atoms with Crippen molar-refractivity contribution in [1.82, 2.24) is 20.0 Å². The van der Waals surface area contributed by atoms with Crippen LogP contribution >= 0.6 is 0 Å². The zero-order valence-corrected chi connectivity index (χ0v) is 16.0. The van der Waals surface area contributed by atoms with Crippen LogP contribution in [-0.2, 0) is 16.1 Å². The van der Waals surface area contributed by atoms with E-state index in [2.05, 4.69) is 20.6 Å². The molecule has 1 fully saturated rings. The monoisotopic (exact) mass is 389 g/mol. The Morgan fingerprint density at radius 1 is 1.14 bits per heavy atom. The summed E-state index contributed by atoms with van der Waals surface area (Å²) in [5.74, 6) is -0.296. The van der Waals surface area contributed by atoms with Crippen LogP contribution in [0.15, 0.2) is 73.1 Å². The number of amides is 2. The maximum atomic E-state index is 12.7. The second-order valence-corrected chi connectivity index (χ2v) is 7.02. The third kappa shape index (κ3) is 4.70. The number of aromatic nitrogens is 2. The van der Waals surface area contributed by atoms with Crippen LogP contribution < -0.4 is 10.6 Å². The Morgan fingerprint density at radius 2 is 2.00 bits per heavy atom. The molecule has 7 nitrogen and oxygen atoms in total. The summed E-state index contributed by atoms with van der Waals surface area (Å²) in [5.41, 5.74) is 2.65. The van der Waals surface area contributed by atoms with Crippen LogP contribution in [-0.4, -0.2) is 45.6 Å². The molecule has 2 aromatic carbocycles. The van der Waals surface area contributed by atoms with E-state index < -0.39 is 6.04 Å². The van der Waals surface area contributed by atoms with E-state index in [-0.39, 0.29) is 18.2 Å². The number of hydrogen-bond donors (Lipinski definition) is 2. The zero-order chi connectivity index (χ0) is 20.1. The smallest absolute Gasteiger partial charge is 0.237 e. The number of rotatable bonds is 6. The second-order valence-electron chi connectivity index (χ2n) is 7.02. The first-order chi connectivity index (χ1) is 14.2. The number of carbonyl (C=O) groups excluding carboxylic acids is 2. The van der Waals surface area contributed by atoms with Crippen LogP contribution in [0.4, 0.5) is 5.69 Å². The summed E-state index contributed by atoms with van der Waals surface area (Å²) in [4.78, 5) is 27.2. The molecule has 4 rings (SSSR count). The second kappa shape index (κ2) is 8.70. The summed E-state index contributed by atoms with van der Waals surface area (Å²) >= 11 is 0. The SMILES string of the molecule is O=C(CC1C(=O)NCCN1Cc1ccccc1)Nc1cccc(-n2cccn2)c1. The van der Waals surface area contributed by atoms with Crippen molar-refractivity contribution in [2.24, 2.45) is 0 Å². The lowest BCUT2D eigenvalue weighted by molar-refractivity contribution is -0.132. The molecular formula is C22H23N5O2. The Kier molecular flexibility index (Phi) is 5.67. The molecule has 1 unspecified atom stereocenters. The summed E-state index contributed by atoms with van der Waals surface area (Å²) in [6, 6.07) is 18.8. The summed E-state index contributed by atoms with van der Waals surface area (Å²) in [6.07, 6.45) is 3.65. The zero-order valence-electron chi connectivity index (χ0n) is 16.0. The van der Waals surface area contributed by atoms with E-state index in [1.807, 2.05) is 66.9 Å². The lowest BCUT2D eigenvalue weighted by Crippen LogP contribution is -2.55. The topological polar surface area (TPSA) is 79.3 Å². The van der Waals surface area contributed by atoms with Crippen molar-refractivity contribution in [3.05, 3.63) is 78.6 Å². The summed E-state index contributed by atoms with van der Waals surface area (Å²) < 4.78 is 1.73. The Labute approximate surface area is 169 Å². The van der Waals surface area contributed by atoms with Gasteiger partial charge in [-0.25, -0.2) is 4.68 Å². The first-order valence-corrected chi connectivity index (χ1v) is 9.65. The molecule has 1 aliphatic heterocycles. The van der Waals surface area contributed by atoms with E-state index in [0.29, 0.717) is 25.3 Å². The third-order valence-corrected chi connectivity index (χ3v) is 4.95. The van der Waals surface area contributed by atoms with Gasteiger partial charge in [0.05, 0.1) is 18.2 Å². The van der Waals surface area contributed by atoms with E-state index >= 15 is 0 Å². The molecule has 0 bridgehead atoms. The Morgan fingerprint density at radius 3 is 2.79 bits per heavy atom. The van der Waals surface area contributed by atoms with Gasteiger partial charge in [0.25, 0.3) is 0 Å². The minimum absolute atomic E-state index is 0.102. The van der Waals surface area contributed by atoms with Gasteiger partial charge in [-0.3, -0.25) is 14.5 Å². The molecule has 0 radical (unpaired) electrons.